The van der Waals surface area contributed by atoms with Crippen LogP contribution in [0, 0.1) is 0 Å². The van der Waals surface area contributed by atoms with Crippen molar-refractivity contribution < 1.29 is 24.2 Å². The molecule has 2 rings (SSSR count). The van der Waals surface area contributed by atoms with Crippen LogP contribution in [0.3, 0.4) is 0 Å². The van der Waals surface area contributed by atoms with Gasteiger partial charge < -0.3 is 15.2 Å². The molecule has 1 aliphatic heterocycles. The Hall–Kier alpha value is -2.59. The highest BCUT2D eigenvalue weighted by Crippen LogP contribution is 2.38. The molecule has 1 heterocycles. The van der Waals surface area contributed by atoms with Gasteiger partial charge in [0.05, 0.1) is 6.61 Å². The van der Waals surface area contributed by atoms with Crippen molar-refractivity contribution in [2.45, 2.75) is 18.9 Å². The molecule has 0 saturated carbocycles. The second-order valence-electron chi connectivity index (χ2n) is 5.24. The molecule has 0 spiro atoms. The van der Waals surface area contributed by atoms with Crippen LogP contribution >= 0.6 is 11.8 Å². The molecule has 0 aliphatic carbocycles. The van der Waals surface area contributed by atoms with Crippen LogP contribution in [0.1, 0.15) is 18.1 Å². The first-order valence-electron chi connectivity index (χ1n) is 7.34. The summed E-state index contributed by atoms with van der Waals surface area (Å²) in [6.45, 7) is 1.36. The number of amidine groups is 1. The quantitative estimate of drug-likeness (QED) is 0.334. The Morgan fingerprint density at radius 3 is 2.76 bits per heavy atom. The molecule has 0 aromatic heterocycles. The van der Waals surface area contributed by atoms with Gasteiger partial charge in [-0.15, -0.1) is 0 Å². The van der Waals surface area contributed by atoms with Crippen molar-refractivity contribution in [2.24, 2.45) is 10.8 Å². The summed E-state index contributed by atoms with van der Waals surface area (Å²) < 4.78 is 4.86. The van der Waals surface area contributed by atoms with Gasteiger partial charge in [0.1, 0.15) is 0 Å². The van der Waals surface area contributed by atoms with Gasteiger partial charge in [0.15, 0.2) is 10.7 Å². The van der Waals surface area contributed by atoms with E-state index in [1.165, 1.54) is 18.7 Å². The lowest BCUT2D eigenvalue weighted by atomic mass is 9.87. The number of carboxylic acids is 1. The summed E-state index contributed by atoms with van der Waals surface area (Å²) in [5.74, 6) is 3.66. The van der Waals surface area contributed by atoms with E-state index in [1.54, 1.807) is 24.3 Å². The summed E-state index contributed by atoms with van der Waals surface area (Å²) in [6, 6.07) is 6.90. The Morgan fingerprint density at radius 2 is 2.12 bits per heavy atom. The van der Waals surface area contributed by atoms with Gasteiger partial charge in [0.2, 0.25) is 5.91 Å². The smallest absolute Gasteiger partial charge is 0.421 e. The van der Waals surface area contributed by atoms with Gasteiger partial charge in [-0.25, -0.2) is 20.4 Å². The number of hydrazine groups is 1. The summed E-state index contributed by atoms with van der Waals surface area (Å²) >= 11 is 1.17. The molecule has 1 aliphatic rings. The van der Waals surface area contributed by atoms with Crippen molar-refractivity contribution in [2.75, 3.05) is 12.4 Å². The van der Waals surface area contributed by atoms with Crippen molar-refractivity contribution in [1.29, 1.82) is 0 Å². The first-order valence-corrected chi connectivity index (χ1v) is 8.33. The molecular weight excluding hydrogens is 348 g/mol. The van der Waals surface area contributed by atoms with E-state index in [4.69, 9.17) is 10.6 Å². The van der Waals surface area contributed by atoms with E-state index in [2.05, 4.69) is 10.3 Å². The second kappa shape index (κ2) is 7.99. The van der Waals surface area contributed by atoms with Gasteiger partial charge in [-0.1, -0.05) is 36.0 Å². The largest absolute Gasteiger partial charge is 0.479 e. The topological polar surface area (TPSA) is 143 Å². The summed E-state index contributed by atoms with van der Waals surface area (Å²) in [5, 5.41) is 12.6. The Balaban J connectivity index is 2.31. The van der Waals surface area contributed by atoms with Gasteiger partial charge in [-0.05, 0) is 11.1 Å². The Labute approximate surface area is 148 Å². The monoisotopic (exact) mass is 366 g/mol. The van der Waals surface area contributed by atoms with Crippen LogP contribution < -0.4 is 16.6 Å². The lowest BCUT2D eigenvalue weighted by Crippen LogP contribution is -2.36. The number of carbonyl (C=O) groups is 3. The first-order chi connectivity index (χ1) is 11.9. The molecule has 10 heteroatoms. The average Bonchev–Trinajstić information content (AvgIpc) is 2.99. The van der Waals surface area contributed by atoms with Crippen LogP contribution in [0.4, 0.5) is 4.79 Å². The van der Waals surface area contributed by atoms with Gasteiger partial charge in [-0.3, -0.25) is 10.2 Å². The van der Waals surface area contributed by atoms with E-state index < -0.39 is 17.6 Å². The van der Waals surface area contributed by atoms with Crippen LogP contribution in [0.15, 0.2) is 29.3 Å². The van der Waals surface area contributed by atoms with E-state index in [9.17, 15) is 19.5 Å². The fourth-order valence-corrected chi connectivity index (χ4v) is 3.55. The zero-order valence-electron chi connectivity index (χ0n) is 13.4. The SMILES string of the molecule is CC(=O)NC1=NC(C(=O)O)(c2ccccc2CCOC(=O)NN)CS1. The lowest BCUT2D eigenvalue weighted by molar-refractivity contribution is -0.142. The summed E-state index contributed by atoms with van der Waals surface area (Å²) in [7, 11) is 0. The van der Waals surface area contributed by atoms with E-state index in [1.807, 2.05) is 5.43 Å². The van der Waals surface area contributed by atoms with Crippen molar-refractivity contribution in [3.63, 3.8) is 0 Å². The minimum atomic E-state index is -1.50. The number of hydrogen-bond acceptors (Lipinski definition) is 7. The van der Waals surface area contributed by atoms with Crippen LogP contribution in [0.25, 0.3) is 0 Å². The Bertz CT molecular complexity index is 724. The lowest BCUT2D eigenvalue weighted by Gasteiger charge is -2.23. The number of ether oxygens (including phenoxy) is 1. The molecule has 5 N–H and O–H groups in total. The normalized spacial score (nSPS) is 19.0. The number of hydrogen-bond donors (Lipinski definition) is 4. The molecule has 1 aromatic carbocycles. The van der Waals surface area contributed by atoms with Gasteiger partial charge in [-0.2, -0.15) is 0 Å². The first kappa shape index (κ1) is 18.7. The average molecular weight is 366 g/mol. The molecule has 2 amide bonds. The van der Waals surface area contributed by atoms with Crippen LogP contribution in [-0.4, -0.2) is 40.6 Å². The van der Waals surface area contributed by atoms with Crippen molar-refractivity contribution >= 4 is 34.9 Å². The van der Waals surface area contributed by atoms with Crippen LogP contribution in [0.2, 0.25) is 0 Å². The maximum Gasteiger partial charge on any atom is 0.421 e. The molecule has 1 aromatic rings. The van der Waals surface area contributed by atoms with E-state index in [-0.39, 0.29) is 23.4 Å². The van der Waals surface area contributed by atoms with Crippen LogP contribution in [-0.2, 0) is 26.3 Å². The third-order valence-corrected chi connectivity index (χ3v) is 4.56. The zero-order valence-corrected chi connectivity index (χ0v) is 14.3. The highest BCUT2D eigenvalue weighted by atomic mass is 32.2. The molecule has 1 unspecified atom stereocenters. The molecule has 1 atom stereocenters. The fourth-order valence-electron chi connectivity index (χ4n) is 2.43. The number of thioether (sulfide) groups is 1. The molecular formula is C15H18N4O5S. The van der Waals surface area contributed by atoms with Crippen molar-refractivity contribution in [1.82, 2.24) is 10.7 Å². The van der Waals surface area contributed by atoms with E-state index >= 15 is 0 Å². The van der Waals surface area contributed by atoms with Gasteiger partial charge in [0.25, 0.3) is 0 Å². The molecule has 0 fully saturated rings. The standard InChI is InChI=1S/C15H18N4O5S/c1-9(20)17-13-18-15(8-25-13,12(21)22)11-5-3-2-4-10(11)6-7-24-14(23)19-16/h2-5H,6-8,16H2,1H3,(H,19,23)(H,21,22)(H,17,18,20). The third-order valence-electron chi connectivity index (χ3n) is 3.53. The Morgan fingerprint density at radius 1 is 1.40 bits per heavy atom. The zero-order chi connectivity index (χ0) is 18.4. The van der Waals surface area contributed by atoms with Crippen LogP contribution in [0.5, 0.6) is 0 Å². The maximum atomic E-state index is 12.0. The number of carboxylic acid groups (broad SMARTS) is 1. The van der Waals surface area contributed by atoms with E-state index in [0.29, 0.717) is 17.5 Å². The van der Waals surface area contributed by atoms with Gasteiger partial charge >= 0.3 is 12.1 Å². The van der Waals surface area contributed by atoms with E-state index in [0.717, 1.165) is 0 Å². The minimum Gasteiger partial charge on any atom is -0.479 e. The molecule has 9 nitrogen and oxygen atoms in total. The number of nitrogens with two attached hydrogens (primary N) is 1. The highest BCUT2D eigenvalue weighted by molar-refractivity contribution is 8.14. The molecule has 0 bridgehead atoms. The maximum absolute atomic E-state index is 12.0. The number of carbonyl (C=O) groups excluding carboxylic acids is 2. The van der Waals surface area contributed by atoms with Gasteiger partial charge in [0, 0.05) is 19.1 Å². The summed E-state index contributed by atoms with van der Waals surface area (Å²) in [5.41, 5.74) is 1.52. The Kier molecular flexibility index (Phi) is 5.99. The minimum absolute atomic E-state index is 0.0329. The second-order valence-corrected chi connectivity index (χ2v) is 6.20. The summed E-state index contributed by atoms with van der Waals surface area (Å²) in [6.07, 6.45) is -0.471. The predicted molar refractivity (Wildman–Crippen MR) is 91.8 cm³/mol. The number of rotatable bonds is 5. The number of nitrogens with one attached hydrogen (secondary N) is 2. The summed E-state index contributed by atoms with van der Waals surface area (Å²) in [4.78, 5) is 38.5. The number of benzene rings is 1. The molecule has 25 heavy (non-hydrogen) atoms. The predicted octanol–water partition coefficient (Wildman–Crippen LogP) is 0.348. The number of aliphatic imine (C=N–C) groups is 1. The third kappa shape index (κ3) is 4.28. The highest BCUT2D eigenvalue weighted by Gasteiger charge is 2.46. The molecule has 0 saturated heterocycles. The number of amides is 2. The number of aliphatic carboxylic acids is 1. The molecule has 0 radical (unpaired) electrons. The fraction of sp³-hybridized carbons (Fsp3) is 0.333. The number of nitrogens with zero attached hydrogens (tertiary/aromatic N) is 1. The van der Waals surface area contributed by atoms with Crippen molar-refractivity contribution in [3.05, 3.63) is 35.4 Å². The molecule has 134 valence electrons. The van der Waals surface area contributed by atoms with Crippen molar-refractivity contribution in [3.8, 4) is 0 Å².